The number of rotatable bonds is 5. The van der Waals surface area contributed by atoms with E-state index in [0.29, 0.717) is 16.1 Å². The molecular formula is C16H15ClO4S. The van der Waals surface area contributed by atoms with Crippen LogP contribution in [-0.2, 0) is 26.9 Å². The summed E-state index contributed by atoms with van der Waals surface area (Å²) in [5.74, 6) is -0.518. The minimum Gasteiger partial charge on any atom is -0.457 e. The summed E-state index contributed by atoms with van der Waals surface area (Å²) in [6, 6.07) is 13.4. The first kappa shape index (κ1) is 16.5. The summed E-state index contributed by atoms with van der Waals surface area (Å²) in [7, 11) is -3.09. The molecule has 0 saturated heterocycles. The number of sulfone groups is 1. The first-order valence-corrected chi connectivity index (χ1v) is 8.95. The van der Waals surface area contributed by atoms with Gasteiger partial charge >= 0.3 is 5.97 Å². The van der Waals surface area contributed by atoms with Crippen LogP contribution in [0.2, 0.25) is 5.02 Å². The van der Waals surface area contributed by atoms with Gasteiger partial charge in [0.1, 0.15) is 6.61 Å². The number of benzene rings is 2. The van der Waals surface area contributed by atoms with E-state index in [0.717, 1.165) is 5.56 Å². The summed E-state index contributed by atoms with van der Waals surface area (Å²) >= 11 is 5.86. The van der Waals surface area contributed by atoms with Gasteiger partial charge in [0.25, 0.3) is 0 Å². The normalized spacial score (nSPS) is 11.2. The van der Waals surface area contributed by atoms with Crippen LogP contribution < -0.4 is 0 Å². The zero-order chi connectivity index (χ0) is 16.2. The van der Waals surface area contributed by atoms with Crippen LogP contribution in [0, 0.1) is 0 Å². The molecule has 6 heteroatoms. The van der Waals surface area contributed by atoms with Gasteiger partial charge in [0, 0.05) is 11.3 Å². The molecule has 0 atom stereocenters. The van der Waals surface area contributed by atoms with Gasteiger partial charge in [-0.05, 0) is 35.4 Å². The highest BCUT2D eigenvalue weighted by Crippen LogP contribution is 2.13. The molecule has 4 nitrogen and oxygen atoms in total. The van der Waals surface area contributed by atoms with Crippen LogP contribution in [0.3, 0.4) is 0 Å². The summed E-state index contributed by atoms with van der Waals surface area (Å²) in [4.78, 5) is 11.9. The third kappa shape index (κ3) is 5.16. The van der Waals surface area contributed by atoms with E-state index in [4.69, 9.17) is 16.3 Å². The molecule has 0 bridgehead atoms. The summed E-state index contributed by atoms with van der Waals surface area (Å²) in [5.41, 5.74) is 1.81. The van der Waals surface area contributed by atoms with Gasteiger partial charge in [0.05, 0.1) is 11.3 Å². The number of hydrogen-bond donors (Lipinski definition) is 0. The first-order chi connectivity index (χ1) is 10.3. The van der Waals surface area contributed by atoms with Gasteiger partial charge < -0.3 is 4.74 Å². The monoisotopic (exact) mass is 338 g/mol. The van der Waals surface area contributed by atoms with Crippen LogP contribution in [0.1, 0.15) is 21.5 Å². The number of hydrogen-bond acceptors (Lipinski definition) is 4. The highest BCUT2D eigenvalue weighted by molar-refractivity contribution is 7.89. The summed E-state index contributed by atoms with van der Waals surface area (Å²) in [6.07, 6.45) is 1.17. The van der Waals surface area contributed by atoms with E-state index in [2.05, 4.69) is 0 Å². The Morgan fingerprint density at radius 1 is 1.09 bits per heavy atom. The molecule has 2 aromatic rings. The second kappa shape index (κ2) is 6.94. The van der Waals surface area contributed by atoms with Gasteiger partial charge in [-0.2, -0.15) is 0 Å². The molecule has 0 N–H and O–H groups in total. The highest BCUT2D eigenvalue weighted by atomic mass is 35.5. The predicted molar refractivity (Wildman–Crippen MR) is 85.6 cm³/mol. The van der Waals surface area contributed by atoms with Crippen molar-refractivity contribution in [3.05, 3.63) is 70.2 Å². The zero-order valence-corrected chi connectivity index (χ0v) is 13.5. The number of carbonyl (C=O) groups is 1. The molecule has 0 aliphatic rings. The molecule has 0 aliphatic heterocycles. The molecule has 116 valence electrons. The topological polar surface area (TPSA) is 60.4 Å². The lowest BCUT2D eigenvalue weighted by atomic mass is 10.1. The molecule has 0 aromatic heterocycles. The summed E-state index contributed by atoms with van der Waals surface area (Å²) in [5, 5.41) is 0.582. The Bertz CT molecular complexity index is 767. The van der Waals surface area contributed by atoms with Crippen LogP contribution in [0.25, 0.3) is 0 Å². The molecular weight excluding hydrogens is 324 g/mol. The number of esters is 1. The lowest BCUT2D eigenvalue weighted by Crippen LogP contribution is -2.06. The Balaban J connectivity index is 1.98. The van der Waals surface area contributed by atoms with Gasteiger partial charge in [-0.3, -0.25) is 0 Å². The van der Waals surface area contributed by atoms with E-state index in [1.807, 2.05) is 6.07 Å². The molecule has 0 aliphatic carbocycles. The van der Waals surface area contributed by atoms with E-state index < -0.39 is 15.8 Å². The third-order valence-corrected chi connectivity index (χ3v) is 3.97. The van der Waals surface area contributed by atoms with Crippen LogP contribution in [0.4, 0.5) is 0 Å². The second-order valence-electron chi connectivity index (χ2n) is 4.97. The van der Waals surface area contributed by atoms with E-state index in [-0.39, 0.29) is 12.4 Å². The molecule has 2 rings (SSSR count). The SMILES string of the molecule is CS(=O)(=O)Cc1ccc(C(=O)OCc2cccc(Cl)c2)cc1. The molecule has 0 fully saturated rings. The van der Waals surface area contributed by atoms with Gasteiger partial charge in [-0.25, -0.2) is 13.2 Å². The zero-order valence-electron chi connectivity index (χ0n) is 12.0. The van der Waals surface area contributed by atoms with Crippen molar-refractivity contribution < 1.29 is 17.9 Å². The summed E-state index contributed by atoms with van der Waals surface area (Å²) < 4.78 is 27.6. The number of carbonyl (C=O) groups excluding carboxylic acids is 1. The van der Waals surface area contributed by atoms with Crippen molar-refractivity contribution in [2.75, 3.05) is 6.26 Å². The smallest absolute Gasteiger partial charge is 0.338 e. The molecule has 0 spiro atoms. The summed E-state index contributed by atoms with van der Waals surface area (Å²) in [6.45, 7) is 0.129. The maximum atomic E-state index is 11.9. The van der Waals surface area contributed by atoms with Crippen LogP contribution >= 0.6 is 11.6 Å². The van der Waals surface area contributed by atoms with Crippen molar-refractivity contribution in [1.82, 2.24) is 0 Å². The standard InChI is InChI=1S/C16H15ClO4S/c1-22(19,20)11-12-5-7-14(8-6-12)16(18)21-10-13-3-2-4-15(17)9-13/h2-9H,10-11H2,1H3. The molecule has 2 aromatic carbocycles. The predicted octanol–water partition coefficient (Wildman–Crippen LogP) is 3.24. The van der Waals surface area contributed by atoms with Crippen molar-refractivity contribution in [2.24, 2.45) is 0 Å². The number of ether oxygens (including phenoxy) is 1. The Kier molecular flexibility index (Phi) is 5.21. The van der Waals surface area contributed by atoms with Crippen LogP contribution in [-0.4, -0.2) is 20.6 Å². The number of halogens is 1. The molecule has 0 radical (unpaired) electrons. The van der Waals surface area contributed by atoms with Crippen molar-refractivity contribution in [3.8, 4) is 0 Å². The fraction of sp³-hybridized carbons (Fsp3) is 0.188. The largest absolute Gasteiger partial charge is 0.457 e. The van der Waals surface area contributed by atoms with Gasteiger partial charge in [-0.1, -0.05) is 35.9 Å². The molecule has 0 amide bonds. The lowest BCUT2D eigenvalue weighted by Gasteiger charge is -2.06. The highest BCUT2D eigenvalue weighted by Gasteiger charge is 2.09. The van der Waals surface area contributed by atoms with Gasteiger partial charge in [0.15, 0.2) is 9.84 Å². The van der Waals surface area contributed by atoms with E-state index >= 15 is 0 Å². The average Bonchev–Trinajstić information content (AvgIpc) is 2.44. The Morgan fingerprint density at radius 3 is 2.36 bits per heavy atom. The molecule has 22 heavy (non-hydrogen) atoms. The van der Waals surface area contributed by atoms with Crippen molar-refractivity contribution >= 4 is 27.4 Å². The average molecular weight is 339 g/mol. The van der Waals surface area contributed by atoms with E-state index in [1.54, 1.807) is 42.5 Å². The maximum absolute atomic E-state index is 11.9. The Morgan fingerprint density at radius 2 is 1.77 bits per heavy atom. The third-order valence-electron chi connectivity index (χ3n) is 2.88. The quantitative estimate of drug-likeness (QED) is 0.785. The molecule has 0 saturated carbocycles. The van der Waals surface area contributed by atoms with E-state index in [9.17, 15) is 13.2 Å². The van der Waals surface area contributed by atoms with Crippen molar-refractivity contribution in [3.63, 3.8) is 0 Å². The molecule has 0 heterocycles. The van der Waals surface area contributed by atoms with Crippen molar-refractivity contribution in [2.45, 2.75) is 12.4 Å². The molecule has 0 unspecified atom stereocenters. The Hall–Kier alpha value is -1.85. The van der Waals surface area contributed by atoms with Gasteiger partial charge in [0.2, 0.25) is 0 Å². The van der Waals surface area contributed by atoms with Crippen LogP contribution in [0.5, 0.6) is 0 Å². The first-order valence-electron chi connectivity index (χ1n) is 6.52. The van der Waals surface area contributed by atoms with Crippen molar-refractivity contribution in [1.29, 1.82) is 0 Å². The Labute approximate surface area is 134 Å². The minimum atomic E-state index is -3.09. The van der Waals surface area contributed by atoms with Crippen LogP contribution in [0.15, 0.2) is 48.5 Å². The van der Waals surface area contributed by atoms with E-state index in [1.165, 1.54) is 6.26 Å². The lowest BCUT2D eigenvalue weighted by molar-refractivity contribution is 0.0472. The maximum Gasteiger partial charge on any atom is 0.338 e. The minimum absolute atomic E-state index is 0.0508. The van der Waals surface area contributed by atoms with Gasteiger partial charge in [-0.15, -0.1) is 0 Å². The fourth-order valence-electron chi connectivity index (χ4n) is 1.90. The fourth-order valence-corrected chi connectivity index (χ4v) is 2.91. The second-order valence-corrected chi connectivity index (χ2v) is 7.55.